The van der Waals surface area contributed by atoms with Gasteiger partial charge in [0, 0.05) is 13.0 Å². The van der Waals surface area contributed by atoms with Crippen LogP contribution in [0.15, 0.2) is 0 Å². The summed E-state index contributed by atoms with van der Waals surface area (Å²) >= 11 is 0. The van der Waals surface area contributed by atoms with E-state index in [0.29, 0.717) is 19.4 Å². The van der Waals surface area contributed by atoms with Crippen molar-refractivity contribution in [3.8, 4) is 0 Å². The molecule has 1 aliphatic rings. The first-order valence-corrected chi connectivity index (χ1v) is 4.68. The molecule has 1 atom stereocenters. The first-order chi connectivity index (χ1) is 6.36. The lowest BCUT2D eigenvalue weighted by atomic mass is 9.76. The lowest BCUT2D eigenvalue weighted by Crippen LogP contribution is -2.48. The molecule has 0 aromatic carbocycles. The standard InChI is InChI=1S/C9H15F2NO2/c1-8(10,11)5-9(7(13)14)3-2-4-12-6-9/h12H,2-6H2,1H3,(H,13,14). The molecule has 1 saturated heterocycles. The fourth-order valence-corrected chi connectivity index (χ4v) is 1.97. The van der Waals surface area contributed by atoms with E-state index >= 15 is 0 Å². The van der Waals surface area contributed by atoms with Crippen molar-refractivity contribution in [2.45, 2.75) is 32.1 Å². The third-order valence-corrected chi connectivity index (χ3v) is 2.57. The van der Waals surface area contributed by atoms with Gasteiger partial charge in [0.1, 0.15) is 0 Å². The van der Waals surface area contributed by atoms with Crippen LogP contribution in [0, 0.1) is 5.41 Å². The van der Waals surface area contributed by atoms with Gasteiger partial charge >= 0.3 is 5.97 Å². The maximum atomic E-state index is 12.8. The van der Waals surface area contributed by atoms with Crippen molar-refractivity contribution >= 4 is 5.97 Å². The molecule has 0 aromatic rings. The molecule has 14 heavy (non-hydrogen) atoms. The van der Waals surface area contributed by atoms with E-state index < -0.39 is 23.7 Å². The molecule has 0 aromatic heterocycles. The molecule has 3 nitrogen and oxygen atoms in total. The molecule has 0 aliphatic carbocycles. The SMILES string of the molecule is CC(F)(F)CC1(C(=O)O)CCCNC1. The summed E-state index contributed by atoms with van der Waals surface area (Å²) in [6, 6.07) is 0. The maximum Gasteiger partial charge on any atom is 0.311 e. The van der Waals surface area contributed by atoms with Gasteiger partial charge in [-0.2, -0.15) is 0 Å². The van der Waals surface area contributed by atoms with Gasteiger partial charge in [-0.05, 0) is 26.3 Å². The van der Waals surface area contributed by atoms with E-state index in [-0.39, 0.29) is 6.54 Å². The predicted octanol–water partition coefficient (Wildman–Crippen LogP) is 1.49. The average molecular weight is 207 g/mol. The van der Waals surface area contributed by atoms with Gasteiger partial charge in [0.25, 0.3) is 0 Å². The normalized spacial score (nSPS) is 28.8. The molecule has 82 valence electrons. The Morgan fingerprint density at radius 3 is 2.64 bits per heavy atom. The highest BCUT2D eigenvalue weighted by atomic mass is 19.3. The van der Waals surface area contributed by atoms with Crippen molar-refractivity contribution in [1.82, 2.24) is 5.32 Å². The molecule has 0 radical (unpaired) electrons. The fourth-order valence-electron chi connectivity index (χ4n) is 1.97. The van der Waals surface area contributed by atoms with Crippen molar-refractivity contribution in [2.24, 2.45) is 5.41 Å². The number of hydrogen-bond acceptors (Lipinski definition) is 2. The molecule has 0 spiro atoms. The van der Waals surface area contributed by atoms with Gasteiger partial charge in [-0.15, -0.1) is 0 Å². The third kappa shape index (κ3) is 2.64. The van der Waals surface area contributed by atoms with E-state index in [0.717, 1.165) is 6.92 Å². The molecule has 1 fully saturated rings. The van der Waals surface area contributed by atoms with Crippen LogP contribution in [0.5, 0.6) is 0 Å². The van der Waals surface area contributed by atoms with Crippen molar-refractivity contribution in [3.05, 3.63) is 0 Å². The highest BCUT2D eigenvalue weighted by Gasteiger charge is 2.45. The minimum absolute atomic E-state index is 0.145. The van der Waals surface area contributed by atoms with Crippen LogP contribution in [0.3, 0.4) is 0 Å². The zero-order valence-electron chi connectivity index (χ0n) is 8.15. The van der Waals surface area contributed by atoms with Crippen LogP contribution in [0.2, 0.25) is 0 Å². The third-order valence-electron chi connectivity index (χ3n) is 2.57. The van der Waals surface area contributed by atoms with E-state index in [4.69, 9.17) is 5.11 Å². The number of aliphatic carboxylic acids is 1. The van der Waals surface area contributed by atoms with E-state index in [2.05, 4.69) is 5.32 Å². The second-order valence-electron chi connectivity index (χ2n) is 4.11. The van der Waals surface area contributed by atoms with Crippen molar-refractivity contribution in [3.63, 3.8) is 0 Å². The Bertz CT molecular complexity index is 219. The van der Waals surface area contributed by atoms with Gasteiger partial charge < -0.3 is 10.4 Å². The Balaban J connectivity index is 2.76. The Hall–Kier alpha value is -0.710. The molecule has 0 saturated carbocycles. The fraction of sp³-hybridized carbons (Fsp3) is 0.889. The van der Waals surface area contributed by atoms with E-state index in [1.54, 1.807) is 0 Å². The molecule has 0 bridgehead atoms. The van der Waals surface area contributed by atoms with Gasteiger partial charge in [0.05, 0.1) is 5.41 Å². The summed E-state index contributed by atoms with van der Waals surface area (Å²) in [5.74, 6) is -4.04. The number of carboxylic acids is 1. The number of nitrogens with one attached hydrogen (secondary N) is 1. The van der Waals surface area contributed by atoms with Crippen LogP contribution in [-0.4, -0.2) is 30.1 Å². The van der Waals surface area contributed by atoms with Crippen LogP contribution in [0.1, 0.15) is 26.2 Å². The number of rotatable bonds is 3. The molecule has 1 rings (SSSR count). The summed E-state index contributed by atoms with van der Waals surface area (Å²) in [5.41, 5.74) is -1.28. The molecular weight excluding hydrogens is 192 g/mol. The summed E-state index contributed by atoms with van der Waals surface area (Å²) in [4.78, 5) is 11.0. The highest BCUT2D eigenvalue weighted by Crippen LogP contribution is 2.37. The molecule has 1 heterocycles. The second kappa shape index (κ2) is 3.81. The zero-order valence-corrected chi connectivity index (χ0v) is 8.15. The van der Waals surface area contributed by atoms with Crippen LogP contribution >= 0.6 is 0 Å². The smallest absolute Gasteiger partial charge is 0.311 e. The largest absolute Gasteiger partial charge is 0.481 e. The van der Waals surface area contributed by atoms with E-state index in [9.17, 15) is 13.6 Å². The number of piperidine rings is 1. The van der Waals surface area contributed by atoms with Crippen LogP contribution in [0.25, 0.3) is 0 Å². The van der Waals surface area contributed by atoms with Gasteiger partial charge in [-0.1, -0.05) is 0 Å². The lowest BCUT2D eigenvalue weighted by Gasteiger charge is -2.35. The minimum atomic E-state index is -2.92. The number of hydrogen-bond donors (Lipinski definition) is 2. The number of carboxylic acid groups (broad SMARTS) is 1. The average Bonchev–Trinajstić information content (AvgIpc) is 2.02. The summed E-state index contributed by atoms with van der Waals surface area (Å²) < 4.78 is 25.6. The predicted molar refractivity (Wildman–Crippen MR) is 47.4 cm³/mol. The van der Waals surface area contributed by atoms with E-state index in [1.165, 1.54) is 0 Å². The van der Waals surface area contributed by atoms with Crippen LogP contribution < -0.4 is 5.32 Å². The Kier molecular flexibility index (Phi) is 3.09. The first kappa shape index (κ1) is 11.4. The minimum Gasteiger partial charge on any atom is -0.481 e. The first-order valence-electron chi connectivity index (χ1n) is 4.68. The van der Waals surface area contributed by atoms with Crippen molar-refractivity contribution < 1.29 is 18.7 Å². The summed E-state index contributed by atoms with van der Waals surface area (Å²) in [7, 11) is 0. The summed E-state index contributed by atoms with van der Waals surface area (Å²) in [6.45, 7) is 1.63. The molecule has 1 unspecified atom stereocenters. The molecule has 2 N–H and O–H groups in total. The Morgan fingerprint density at radius 2 is 2.29 bits per heavy atom. The molecule has 0 amide bonds. The van der Waals surface area contributed by atoms with E-state index in [1.807, 2.05) is 0 Å². The topological polar surface area (TPSA) is 49.3 Å². The van der Waals surface area contributed by atoms with Crippen molar-refractivity contribution in [2.75, 3.05) is 13.1 Å². The van der Waals surface area contributed by atoms with Crippen LogP contribution in [0.4, 0.5) is 8.78 Å². The maximum absolute atomic E-state index is 12.8. The number of alkyl halides is 2. The van der Waals surface area contributed by atoms with Gasteiger partial charge in [0.2, 0.25) is 5.92 Å². The monoisotopic (exact) mass is 207 g/mol. The number of carbonyl (C=O) groups is 1. The summed E-state index contributed by atoms with van der Waals surface area (Å²) in [5, 5.41) is 11.8. The second-order valence-corrected chi connectivity index (χ2v) is 4.11. The quantitative estimate of drug-likeness (QED) is 0.737. The Labute approximate surface area is 81.5 Å². The molecule has 1 aliphatic heterocycles. The van der Waals surface area contributed by atoms with Crippen LogP contribution in [-0.2, 0) is 4.79 Å². The molecular formula is C9H15F2NO2. The molecule has 5 heteroatoms. The van der Waals surface area contributed by atoms with Gasteiger partial charge in [-0.25, -0.2) is 8.78 Å². The highest BCUT2D eigenvalue weighted by molar-refractivity contribution is 5.75. The van der Waals surface area contributed by atoms with Gasteiger partial charge in [0.15, 0.2) is 0 Å². The zero-order chi connectivity index (χ0) is 10.8. The summed E-state index contributed by atoms with van der Waals surface area (Å²) in [6.07, 6.45) is 0.392. The number of halogens is 2. The van der Waals surface area contributed by atoms with Gasteiger partial charge in [-0.3, -0.25) is 4.79 Å². The lowest BCUT2D eigenvalue weighted by molar-refractivity contribution is -0.156. The van der Waals surface area contributed by atoms with Crippen molar-refractivity contribution in [1.29, 1.82) is 0 Å². The Morgan fingerprint density at radius 1 is 1.64 bits per heavy atom.